The molecule has 1 aliphatic heterocycles. The third-order valence-electron chi connectivity index (χ3n) is 10.7. The molecule has 0 fully saturated rings. The minimum Gasteiger partial charge on any atom is -0.333 e. The van der Waals surface area contributed by atoms with E-state index in [1.165, 1.54) is 67.4 Å². The molecule has 0 spiro atoms. The highest BCUT2D eigenvalue weighted by Gasteiger charge is 2.41. The molecule has 47 heavy (non-hydrogen) atoms. The Morgan fingerprint density at radius 3 is 2.15 bits per heavy atom. The van der Waals surface area contributed by atoms with E-state index in [1.807, 2.05) is 0 Å². The van der Waals surface area contributed by atoms with E-state index in [1.54, 1.807) is 0 Å². The second kappa shape index (κ2) is 10.9. The van der Waals surface area contributed by atoms with Crippen LogP contribution in [0.4, 0.5) is 22.7 Å². The number of para-hydroxylation sites is 2. The topological polar surface area (TPSA) is 6.48 Å². The van der Waals surface area contributed by atoms with Crippen molar-refractivity contribution in [3.8, 4) is 11.1 Å². The summed E-state index contributed by atoms with van der Waals surface area (Å²) in [5.74, 6) is 0.389. The molecule has 2 unspecified atom stereocenters. The van der Waals surface area contributed by atoms with Gasteiger partial charge in [-0.05, 0) is 100 Å². The zero-order chi connectivity index (χ0) is 31.5. The Bertz CT molecular complexity index is 2110. The fourth-order valence-electron chi connectivity index (χ4n) is 8.42. The van der Waals surface area contributed by atoms with Gasteiger partial charge in [0.25, 0.3) is 0 Å². The van der Waals surface area contributed by atoms with Gasteiger partial charge in [-0.1, -0.05) is 123 Å². The third-order valence-corrected chi connectivity index (χ3v) is 10.7. The highest BCUT2D eigenvalue weighted by Crippen LogP contribution is 2.54. The van der Waals surface area contributed by atoms with Crippen LogP contribution in [0.3, 0.4) is 0 Å². The van der Waals surface area contributed by atoms with Gasteiger partial charge in [-0.25, -0.2) is 0 Å². The molecule has 3 aliphatic carbocycles. The Kier molecular flexibility index (Phi) is 6.47. The molecule has 5 aromatic carbocycles. The summed E-state index contributed by atoms with van der Waals surface area (Å²) in [7, 11) is 0. The molecule has 228 valence electrons. The largest absolute Gasteiger partial charge is 0.333 e. The van der Waals surface area contributed by atoms with Crippen molar-refractivity contribution < 1.29 is 0 Å². The van der Waals surface area contributed by atoms with Gasteiger partial charge in [0, 0.05) is 39.8 Å². The van der Waals surface area contributed by atoms with Gasteiger partial charge in [0.1, 0.15) is 0 Å². The SMILES string of the molecule is CC1(C)C2=C(CCC(N(c3ccccc3)c3ccc(-c4ccccc4)cc3)=C2)c2ccc(N3c4ccccc4C4C=CC=CC43)cc21. The third kappa shape index (κ3) is 4.47. The van der Waals surface area contributed by atoms with Crippen LogP contribution in [0.15, 0.2) is 169 Å². The van der Waals surface area contributed by atoms with E-state index in [-0.39, 0.29) is 5.41 Å². The van der Waals surface area contributed by atoms with Gasteiger partial charge in [0.2, 0.25) is 0 Å². The number of anilines is 4. The van der Waals surface area contributed by atoms with Crippen LogP contribution in [0.25, 0.3) is 16.7 Å². The average Bonchev–Trinajstić information content (AvgIpc) is 3.58. The van der Waals surface area contributed by atoms with Gasteiger partial charge in [-0.15, -0.1) is 0 Å². The molecular weight excluding hydrogens is 569 g/mol. The van der Waals surface area contributed by atoms with Crippen LogP contribution in [0, 0.1) is 0 Å². The zero-order valence-electron chi connectivity index (χ0n) is 27.0. The summed E-state index contributed by atoms with van der Waals surface area (Å²) in [4.78, 5) is 5.03. The molecule has 0 amide bonds. The van der Waals surface area contributed by atoms with Gasteiger partial charge in [0.05, 0.1) is 6.04 Å². The van der Waals surface area contributed by atoms with E-state index < -0.39 is 0 Å². The lowest BCUT2D eigenvalue weighted by molar-refractivity contribution is 0.648. The van der Waals surface area contributed by atoms with Gasteiger partial charge in [-0.3, -0.25) is 0 Å². The molecule has 0 saturated heterocycles. The first kappa shape index (κ1) is 27.9. The predicted molar refractivity (Wildman–Crippen MR) is 198 cm³/mol. The van der Waals surface area contributed by atoms with Gasteiger partial charge in [-0.2, -0.15) is 0 Å². The number of allylic oxidation sites excluding steroid dienone is 6. The van der Waals surface area contributed by atoms with Crippen molar-refractivity contribution in [3.63, 3.8) is 0 Å². The van der Waals surface area contributed by atoms with Crippen molar-refractivity contribution >= 4 is 28.3 Å². The van der Waals surface area contributed by atoms with E-state index in [4.69, 9.17) is 0 Å². The van der Waals surface area contributed by atoms with Crippen molar-refractivity contribution in [3.05, 3.63) is 186 Å². The lowest BCUT2D eigenvalue weighted by Crippen LogP contribution is -2.29. The molecule has 2 atom stereocenters. The first-order valence-electron chi connectivity index (χ1n) is 16.9. The highest BCUT2D eigenvalue weighted by atomic mass is 15.2. The van der Waals surface area contributed by atoms with E-state index in [0.29, 0.717) is 12.0 Å². The molecule has 5 aromatic rings. The van der Waals surface area contributed by atoms with Crippen molar-refractivity contribution in [2.75, 3.05) is 9.80 Å². The number of benzene rings is 5. The number of rotatable bonds is 5. The summed E-state index contributed by atoms with van der Waals surface area (Å²) in [5, 5.41) is 0. The Morgan fingerprint density at radius 1 is 0.660 bits per heavy atom. The summed E-state index contributed by atoms with van der Waals surface area (Å²) in [6.07, 6.45) is 13.7. The van der Waals surface area contributed by atoms with Gasteiger partial charge >= 0.3 is 0 Å². The lowest BCUT2D eigenvalue weighted by Gasteiger charge is -2.33. The smallest absolute Gasteiger partial charge is 0.0629 e. The summed E-state index contributed by atoms with van der Waals surface area (Å²) in [6.45, 7) is 4.84. The first-order chi connectivity index (χ1) is 23.1. The second-order valence-corrected chi connectivity index (χ2v) is 13.7. The Balaban J connectivity index is 1.09. The van der Waals surface area contributed by atoms with Crippen molar-refractivity contribution in [1.29, 1.82) is 0 Å². The quantitative estimate of drug-likeness (QED) is 0.196. The molecule has 0 N–H and O–H groups in total. The average molecular weight is 607 g/mol. The molecule has 0 bridgehead atoms. The van der Waals surface area contributed by atoms with Gasteiger partial charge in [0.15, 0.2) is 0 Å². The fraction of sp³-hybridized carbons (Fsp3) is 0.156. The van der Waals surface area contributed by atoms with E-state index >= 15 is 0 Å². The number of fused-ring (bicyclic) bond motifs is 5. The van der Waals surface area contributed by atoms with Gasteiger partial charge < -0.3 is 9.80 Å². The molecule has 9 rings (SSSR count). The number of hydrogen-bond acceptors (Lipinski definition) is 2. The van der Waals surface area contributed by atoms with Crippen LogP contribution >= 0.6 is 0 Å². The molecule has 2 heteroatoms. The van der Waals surface area contributed by atoms with E-state index in [0.717, 1.165) is 12.8 Å². The minimum atomic E-state index is -0.104. The van der Waals surface area contributed by atoms with Crippen LogP contribution in [0.5, 0.6) is 0 Å². The fourth-order valence-corrected chi connectivity index (χ4v) is 8.42. The summed E-state index contributed by atoms with van der Waals surface area (Å²) >= 11 is 0. The van der Waals surface area contributed by atoms with Crippen molar-refractivity contribution in [1.82, 2.24) is 0 Å². The lowest BCUT2D eigenvalue weighted by atomic mass is 9.79. The zero-order valence-corrected chi connectivity index (χ0v) is 27.0. The molecular formula is C45H38N2. The van der Waals surface area contributed by atoms with Crippen LogP contribution in [-0.4, -0.2) is 6.04 Å². The van der Waals surface area contributed by atoms with Crippen LogP contribution in [0.1, 0.15) is 49.3 Å². The summed E-state index contributed by atoms with van der Waals surface area (Å²) < 4.78 is 0. The molecule has 2 nitrogen and oxygen atoms in total. The highest BCUT2D eigenvalue weighted by molar-refractivity contribution is 5.87. The van der Waals surface area contributed by atoms with Crippen LogP contribution in [0.2, 0.25) is 0 Å². The minimum absolute atomic E-state index is 0.104. The molecule has 0 saturated carbocycles. The maximum Gasteiger partial charge on any atom is 0.0629 e. The maximum absolute atomic E-state index is 2.56. The maximum atomic E-state index is 2.56. The normalized spacial score (nSPS) is 20.0. The molecule has 0 radical (unpaired) electrons. The second-order valence-electron chi connectivity index (χ2n) is 13.7. The Hall–Kier alpha value is -5.34. The summed E-state index contributed by atoms with van der Waals surface area (Å²) in [6, 6.07) is 47.0. The molecule has 0 aromatic heterocycles. The van der Waals surface area contributed by atoms with Crippen molar-refractivity contribution in [2.45, 2.75) is 44.1 Å². The molecule has 4 aliphatic rings. The van der Waals surface area contributed by atoms with Crippen LogP contribution in [-0.2, 0) is 5.41 Å². The first-order valence-corrected chi connectivity index (χ1v) is 16.9. The predicted octanol–water partition coefficient (Wildman–Crippen LogP) is 11.6. The number of nitrogens with zero attached hydrogens (tertiary/aromatic N) is 2. The van der Waals surface area contributed by atoms with Crippen molar-refractivity contribution in [2.24, 2.45) is 0 Å². The number of hydrogen-bond donors (Lipinski definition) is 0. The molecule has 1 heterocycles. The van der Waals surface area contributed by atoms with E-state index in [2.05, 4.69) is 181 Å². The Labute approximate surface area is 278 Å². The monoisotopic (exact) mass is 606 g/mol. The van der Waals surface area contributed by atoms with Crippen LogP contribution < -0.4 is 9.80 Å². The summed E-state index contributed by atoms with van der Waals surface area (Å²) in [5.41, 5.74) is 16.0. The Morgan fingerprint density at radius 2 is 1.34 bits per heavy atom. The standard InChI is InChI=1S/C45H38N2/c1-45(2)41-29-35(46(33-15-7-4-8-16-33)34-23-21-32(22-24-34)31-13-5-3-6-14-31)25-27-37(41)38-28-26-36(30-42(38)45)47-43-19-11-9-17-39(43)40-18-10-12-20-44(40)47/h3-24,26,28-30,39,43H,25,27H2,1-2H3. The van der Waals surface area contributed by atoms with E-state index in [9.17, 15) is 0 Å².